The summed E-state index contributed by atoms with van der Waals surface area (Å²) in [6.07, 6.45) is 1.24. The Balaban J connectivity index is 1.76. The molecule has 0 saturated heterocycles. The fraction of sp³-hybridized carbons (Fsp3) is 0.0435. The minimum atomic E-state index is -4.10. The fourth-order valence-corrected chi connectivity index (χ4v) is 4.32. The van der Waals surface area contributed by atoms with E-state index in [1.54, 1.807) is 6.07 Å². The summed E-state index contributed by atoms with van der Waals surface area (Å²) >= 11 is 12.0. The molecular weight excluding hydrogens is 533 g/mol. The van der Waals surface area contributed by atoms with Crippen LogP contribution in [0, 0.1) is 21.4 Å². The van der Waals surface area contributed by atoms with Crippen molar-refractivity contribution in [2.24, 2.45) is 0 Å². The standard InChI is InChI=1S/C23H15Cl2N3O7S/c1-34-17-6-8-19(9-7-17)36(32,33)35-18-4-2-14(3-5-18)10-15(13-26)23(29)27-22-20(24)11-16(28(30)31)12-21(22)25/h2-12H,1H3,(H,27,29)/b15-10+. The zero-order chi connectivity index (χ0) is 26.5. The Hall–Kier alpha value is -4.11. The quantitative estimate of drug-likeness (QED) is 0.132. The lowest BCUT2D eigenvalue weighted by Gasteiger charge is -2.09. The molecule has 184 valence electrons. The number of nitrogens with zero attached hydrogens (tertiary/aromatic N) is 2. The highest BCUT2D eigenvalue weighted by Crippen LogP contribution is 2.35. The molecule has 0 bridgehead atoms. The number of nitro benzene ring substituents is 1. The molecule has 3 aromatic rings. The second-order valence-electron chi connectivity index (χ2n) is 6.95. The number of benzene rings is 3. The predicted octanol–water partition coefficient (Wildman–Crippen LogP) is 5.22. The molecular formula is C23H15Cl2N3O7S. The van der Waals surface area contributed by atoms with Gasteiger partial charge in [-0.1, -0.05) is 35.3 Å². The lowest BCUT2D eigenvalue weighted by Crippen LogP contribution is -2.14. The molecule has 3 aromatic carbocycles. The number of rotatable bonds is 8. The van der Waals surface area contributed by atoms with E-state index in [0.29, 0.717) is 11.3 Å². The number of anilines is 1. The van der Waals surface area contributed by atoms with E-state index in [-0.39, 0.29) is 37.6 Å². The Labute approximate surface area is 215 Å². The molecule has 0 atom stereocenters. The molecule has 0 radical (unpaired) electrons. The number of carbonyl (C=O) groups is 1. The number of nitro groups is 1. The number of amides is 1. The van der Waals surface area contributed by atoms with Crippen LogP contribution in [0.2, 0.25) is 10.0 Å². The van der Waals surface area contributed by atoms with Crippen LogP contribution in [0.5, 0.6) is 11.5 Å². The third-order valence-electron chi connectivity index (χ3n) is 4.59. The van der Waals surface area contributed by atoms with Gasteiger partial charge in [-0.05, 0) is 48.0 Å². The van der Waals surface area contributed by atoms with Gasteiger partial charge in [-0.2, -0.15) is 13.7 Å². The molecule has 1 N–H and O–H groups in total. The summed E-state index contributed by atoms with van der Waals surface area (Å²) in [7, 11) is -2.64. The summed E-state index contributed by atoms with van der Waals surface area (Å²) < 4.78 is 35.0. The molecule has 0 saturated carbocycles. The number of carbonyl (C=O) groups excluding carboxylic acids is 1. The summed E-state index contributed by atoms with van der Waals surface area (Å²) in [5, 5.41) is 22.3. The van der Waals surface area contributed by atoms with E-state index in [9.17, 15) is 28.6 Å². The van der Waals surface area contributed by atoms with Crippen LogP contribution in [0.4, 0.5) is 11.4 Å². The molecule has 3 rings (SSSR count). The number of methoxy groups -OCH3 is 1. The number of nitrogens with one attached hydrogen (secondary N) is 1. The number of ether oxygens (including phenoxy) is 1. The molecule has 0 aliphatic carbocycles. The van der Waals surface area contributed by atoms with Crippen molar-refractivity contribution in [3.63, 3.8) is 0 Å². The Kier molecular flexibility index (Phi) is 8.16. The van der Waals surface area contributed by atoms with Gasteiger partial charge in [0, 0.05) is 12.1 Å². The lowest BCUT2D eigenvalue weighted by molar-refractivity contribution is -0.384. The van der Waals surface area contributed by atoms with Crippen LogP contribution in [0.15, 0.2) is 71.1 Å². The van der Waals surface area contributed by atoms with Crippen molar-refractivity contribution in [3.05, 3.63) is 92.0 Å². The third-order valence-corrected chi connectivity index (χ3v) is 6.44. The van der Waals surface area contributed by atoms with E-state index >= 15 is 0 Å². The van der Waals surface area contributed by atoms with Gasteiger partial charge in [0.05, 0.1) is 27.8 Å². The van der Waals surface area contributed by atoms with Crippen molar-refractivity contribution in [1.29, 1.82) is 5.26 Å². The SMILES string of the molecule is COc1ccc(S(=O)(=O)Oc2ccc(/C=C(\C#N)C(=O)Nc3c(Cl)cc([N+](=O)[O-])cc3Cl)cc2)cc1. The van der Waals surface area contributed by atoms with Crippen molar-refractivity contribution >= 4 is 56.7 Å². The zero-order valence-electron chi connectivity index (χ0n) is 18.3. The van der Waals surface area contributed by atoms with E-state index in [1.165, 1.54) is 61.7 Å². The molecule has 36 heavy (non-hydrogen) atoms. The van der Waals surface area contributed by atoms with E-state index < -0.39 is 20.9 Å². The van der Waals surface area contributed by atoms with Crippen LogP contribution in [0.1, 0.15) is 5.56 Å². The number of halogens is 2. The molecule has 0 aliphatic heterocycles. The number of non-ortho nitro benzene ring substituents is 1. The van der Waals surface area contributed by atoms with Gasteiger partial charge in [-0.15, -0.1) is 0 Å². The van der Waals surface area contributed by atoms with Gasteiger partial charge in [-0.25, -0.2) is 0 Å². The highest BCUT2D eigenvalue weighted by atomic mass is 35.5. The van der Waals surface area contributed by atoms with Crippen LogP contribution in [-0.4, -0.2) is 26.4 Å². The summed E-state index contributed by atoms with van der Waals surface area (Å²) in [5.74, 6) is -0.367. The monoisotopic (exact) mass is 547 g/mol. The fourth-order valence-electron chi connectivity index (χ4n) is 2.82. The topological polar surface area (TPSA) is 149 Å². The number of hydrogen-bond acceptors (Lipinski definition) is 8. The summed E-state index contributed by atoms with van der Waals surface area (Å²) in [6.45, 7) is 0. The summed E-state index contributed by atoms with van der Waals surface area (Å²) in [5.41, 5.74) is -0.408. The first-order valence-electron chi connectivity index (χ1n) is 9.79. The maximum atomic E-state index is 12.6. The van der Waals surface area contributed by atoms with Gasteiger partial charge in [0.15, 0.2) is 0 Å². The molecule has 0 aliphatic rings. The van der Waals surface area contributed by atoms with E-state index in [1.807, 2.05) is 0 Å². The predicted molar refractivity (Wildman–Crippen MR) is 133 cm³/mol. The Morgan fingerprint density at radius 1 is 1.06 bits per heavy atom. The van der Waals surface area contributed by atoms with Gasteiger partial charge in [0.2, 0.25) is 0 Å². The first-order valence-corrected chi connectivity index (χ1v) is 12.0. The third kappa shape index (κ3) is 6.31. The van der Waals surface area contributed by atoms with Crippen molar-refractivity contribution in [1.82, 2.24) is 0 Å². The van der Waals surface area contributed by atoms with E-state index in [2.05, 4.69) is 5.32 Å². The number of hydrogen-bond donors (Lipinski definition) is 1. The van der Waals surface area contributed by atoms with Gasteiger partial charge in [0.1, 0.15) is 28.0 Å². The molecule has 0 spiro atoms. The lowest BCUT2D eigenvalue weighted by atomic mass is 10.1. The second-order valence-corrected chi connectivity index (χ2v) is 9.31. The van der Waals surface area contributed by atoms with Crippen molar-refractivity contribution in [2.45, 2.75) is 4.90 Å². The normalized spacial score (nSPS) is 11.3. The molecule has 0 heterocycles. The molecule has 0 unspecified atom stereocenters. The van der Waals surface area contributed by atoms with E-state index in [0.717, 1.165) is 12.1 Å². The minimum Gasteiger partial charge on any atom is -0.497 e. The molecule has 0 fully saturated rings. The smallest absolute Gasteiger partial charge is 0.339 e. The highest BCUT2D eigenvalue weighted by molar-refractivity contribution is 7.87. The van der Waals surface area contributed by atoms with Crippen molar-refractivity contribution in [3.8, 4) is 17.6 Å². The van der Waals surface area contributed by atoms with Gasteiger partial charge in [0.25, 0.3) is 11.6 Å². The van der Waals surface area contributed by atoms with Crippen LogP contribution >= 0.6 is 23.2 Å². The number of nitriles is 1. The van der Waals surface area contributed by atoms with Gasteiger partial charge < -0.3 is 14.2 Å². The van der Waals surface area contributed by atoms with Crippen LogP contribution in [-0.2, 0) is 14.9 Å². The van der Waals surface area contributed by atoms with Gasteiger partial charge >= 0.3 is 10.1 Å². The molecule has 10 nitrogen and oxygen atoms in total. The minimum absolute atomic E-state index is 0.00960. The second kappa shape index (κ2) is 11.1. The average Bonchev–Trinajstić information content (AvgIpc) is 2.85. The van der Waals surface area contributed by atoms with Crippen molar-refractivity contribution < 1.29 is 27.1 Å². The Bertz CT molecular complexity index is 1480. The first-order chi connectivity index (χ1) is 17.0. The van der Waals surface area contributed by atoms with Crippen LogP contribution < -0.4 is 14.2 Å². The maximum Gasteiger partial charge on any atom is 0.339 e. The Morgan fingerprint density at radius 3 is 2.11 bits per heavy atom. The summed E-state index contributed by atoms with van der Waals surface area (Å²) in [6, 6.07) is 15.0. The van der Waals surface area contributed by atoms with Crippen molar-refractivity contribution in [2.75, 3.05) is 12.4 Å². The van der Waals surface area contributed by atoms with E-state index in [4.69, 9.17) is 32.1 Å². The highest BCUT2D eigenvalue weighted by Gasteiger charge is 2.19. The van der Waals surface area contributed by atoms with Crippen LogP contribution in [0.25, 0.3) is 6.08 Å². The average molecular weight is 548 g/mol. The van der Waals surface area contributed by atoms with Crippen LogP contribution in [0.3, 0.4) is 0 Å². The largest absolute Gasteiger partial charge is 0.497 e. The maximum absolute atomic E-state index is 12.6. The molecule has 0 aromatic heterocycles. The molecule has 13 heteroatoms. The van der Waals surface area contributed by atoms with Gasteiger partial charge in [-0.3, -0.25) is 14.9 Å². The first kappa shape index (κ1) is 26.5. The molecule has 1 amide bonds. The zero-order valence-corrected chi connectivity index (χ0v) is 20.6. The Morgan fingerprint density at radius 2 is 1.61 bits per heavy atom. The summed E-state index contributed by atoms with van der Waals surface area (Å²) in [4.78, 5) is 22.7.